The maximum absolute atomic E-state index is 4.08. The molecule has 0 aromatic rings. The maximum Gasteiger partial charge on any atom is -0.0237 e. The zero-order valence-electron chi connectivity index (χ0n) is 13.1. The lowest BCUT2D eigenvalue weighted by atomic mass is 9.75. The molecular formula is C17H34. The van der Waals surface area contributed by atoms with E-state index in [-0.39, 0.29) is 0 Å². The zero-order chi connectivity index (χ0) is 13.4. The Morgan fingerprint density at radius 1 is 1.00 bits per heavy atom. The summed E-state index contributed by atoms with van der Waals surface area (Å²) in [7, 11) is 0. The Morgan fingerprint density at radius 2 is 1.59 bits per heavy atom. The predicted octanol–water partition coefficient (Wildman–Crippen LogP) is 6.08. The smallest absolute Gasteiger partial charge is 0.0237 e. The lowest BCUT2D eigenvalue weighted by Gasteiger charge is -2.30. The molecule has 0 spiro atoms. The largest absolute Gasteiger partial charge is 0.0999 e. The molecule has 0 nitrogen and oxygen atoms in total. The minimum atomic E-state index is 0.690. The van der Waals surface area contributed by atoms with Gasteiger partial charge in [0.25, 0.3) is 0 Å². The molecule has 0 aliphatic rings. The molecule has 3 unspecified atom stereocenters. The molecule has 0 saturated carbocycles. The number of rotatable bonds is 9. The Balaban J connectivity index is 4.36. The van der Waals surface area contributed by atoms with Gasteiger partial charge in [0.2, 0.25) is 0 Å². The van der Waals surface area contributed by atoms with Crippen molar-refractivity contribution in [3.8, 4) is 0 Å². The summed E-state index contributed by atoms with van der Waals surface area (Å²) in [5.74, 6) is 3.35. The Hall–Kier alpha value is -0.260. The second-order valence-corrected chi connectivity index (χ2v) is 6.19. The monoisotopic (exact) mass is 238 g/mol. The van der Waals surface area contributed by atoms with Gasteiger partial charge in [0.05, 0.1) is 0 Å². The van der Waals surface area contributed by atoms with Crippen molar-refractivity contribution in [1.29, 1.82) is 0 Å². The highest BCUT2D eigenvalue weighted by Gasteiger charge is 2.22. The van der Waals surface area contributed by atoms with E-state index >= 15 is 0 Å². The molecule has 0 bridgehead atoms. The highest BCUT2D eigenvalue weighted by molar-refractivity contribution is 4.94. The molecule has 0 heterocycles. The van der Waals surface area contributed by atoms with Gasteiger partial charge in [-0.15, -0.1) is 0 Å². The summed E-state index contributed by atoms with van der Waals surface area (Å²) in [6.07, 6.45) is 6.78. The molecule has 0 aliphatic heterocycles. The topological polar surface area (TPSA) is 0 Å². The second kappa shape index (κ2) is 8.78. The van der Waals surface area contributed by atoms with Gasteiger partial charge in [-0.05, 0) is 43.4 Å². The van der Waals surface area contributed by atoms with E-state index < -0.39 is 0 Å². The average Bonchev–Trinajstić information content (AvgIpc) is 2.26. The predicted molar refractivity (Wildman–Crippen MR) is 80.2 cm³/mol. The number of allylic oxidation sites excluding steroid dienone is 1. The van der Waals surface area contributed by atoms with Crippen LogP contribution in [0.25, 0.3) is 0 Å². The summed E-state index contributed by atoms with van der Waals surface area (Å²) in [6, 6.07) is 0. The molecule has 17 heavy (non-hydrogen) atoms. The van der Waals surface area contributed by atoms with Gasteiger partial charge in [0, 0.05) is 0 Å². The van der Waals surface area contributed by atoms with Crippen molar-refractivity contribution in [1.82, 2.24) is 0 Å². The van der Waals surface area contributed by atoms with Crippen LogP contribution in [0.4, 0.5) is 0 Å². The van der Waals surface area contributed by atoms with E-state index in [9.17, 15) is 0 Å². The normalized spacial score (nSPS) is 16.9. The van der Waals surface area contributed by atoms with Gasteiger partial charge in [-0.2, -0.15) is 0 Å². The Morgan fingerprint density at radius 3 is 1.94 bits per heavy atom. The van der Waals surface area contributed by atoms with Gasteiger partial charge >= 0.3 is 0 Å². The summed E-state index contributed by atoms with van der Waals surface area (Å²) in [5.41, 5.74) is 1.34. The maximum atomic E-state index is 4.08. The fourth-order valence-corrected chi connectivity index (χ4v) is 2.89. The lowest BCUT2D eigenvalue weighted by molar-refractivity contribution is 0.207. The van der Waals surface area contributed by atoms with Gasteiger partial charge < -0.3 is 0 Å². The number of hydrogen-bond donors (Lipinski definition) is 0. The first-order valence-corrected chi connectivity index (χ1v) is 7.59. The molecule has 3 atom stereocenters. The van der Waals surface area contributed by atoms with Crippen LogP contribution in [0, 0.1) is 23.7 Å². The van der Waals surface area contributed by atoms with Crippen molar-refractivity contribution in [2.24, 2.45) is 23.7 Å². The van der Waals surface area contributed by atoms with Gasteiger partial charge in [-0.1, -0.05) is 66.0 Å². The Bertz CT molecular complexity index is 202. The molecule has 0 saturated heterocycles. The fraction of sp³-hybridized carbons (Fsp3) is 0.882. The molecule has 0 heteroatoms. The minimum Gasteiger partial charge on any atom is -0.0999 e. The first kappa shape index (κ1) is 16.7. The van der Waals surface area contributed by atoms with Crippen molar-refractivity contribution >= 4 is 0 Å². The fourth-order valence-electron chi connectivity index (χ4n) is 2.89. The van der Waals surface area contributed by atoms with Crippen LogP contribution in [-0.2, 0) is 0 Å². The van der Waals surface area contributed by atoms with Crippen LogP contribution in [-0.4, -0.2) is 0 Å². The summed E-state index contributed by atoms with van der Waals surface area (Å²) in [5, 5.41) is 0. The Labute approximate surface area is 110 Å². The van der Waals surface area contributed by atoms with E-state index in [1.54, 1.807) is 0 Å². The summed E-state index contributed by atoms with van der Waals surface area (Å²) in [6.45, 7) is 18.0. The summed E-state index contributed by atoms with van der Waals surface area (Å²) in [4.78, 5) is 0. The average molecular weight is 238 g/mol. The molecule has 0 radical (unpaired) electrons. The van der Waals surface area contributed by atoms with E-state index in [2.05, 4.69) is 48.1 Å². The van der Waals surface area contributed by atoms with Crippen LogP contribution in [0.3, 0.4) is 0 Å². The molecule has 102 valence electrons. The second-order valence-electron chi connectivity index (χ2n) is 6.19. The van der Waals surface area contributed by atoms with Gasteiger partial charge in [0.1, 0.15) is 0 Å². The SMILES string of the molecule is C=C(C)C(C)CCC(C(C)C)C(CC)CCC. The minimum absolute atomic E-state index is 0.690. The van der Waals surface area contributed by atoms with Gasteiger partial charge in [-0.3, -0.25) is 0 Å². The first-order chi connectivity index (χ1) is 7.93. The molecular weight excluding hydrogens is 204 g/mol. The van der Waals surface area contributed by atoms with Crippen LogP contribution in [0.2, 0.25) is 0 Å². The third-order valence-corrected chi connectivity index (χ3v) is 4.42. The zero-order valence-corrected chi connectivity index (χ0v) is 13.1. The van der Waals surface area contributed by atoms with E-state index in [4.69, 9.17) is 0 Å². The van der Waals surface area contributed by atoms with Crippen LogP contribution in [0.5, 0.6) is 0 Å². The Kier molecular flexibility index (Phi) is 8.64. The molecule has 0 rings (SSSR count). The van der Waals surface area contributed by atoms with E-state index in [0.29, 0.717) is 5.92 Å². The molecule has 0 N–H and O–H groups in total. The van der Waals surface area contributed by atoms with Gasteiger partial charge in [-0.25, -0.2) is 0 Å². The third kappa shape index (κ3) is 6.29. The van der Waals surface area contributed by atoms with Crippen LogP contribution >= 0.6 is 0 Å². The summed E-state index contributed by atoms with van der Waals surface area (Å²) >= 11 is 0. The quantitative estimate of drug-likeness (QED) is 0.427. The number of hydrogen-bond acceptors (Lipinski definition) is 0. The lowest BCUT2D eigenvalue weighted by Crippen LogP contribution is -2.20. The van der Waals surface area contributed by atoms with E-state index in [1.807, 2.05) is 0 Å². The molecule has 0 aromatic heterocycles. The highest BCUT2D eigenvalue weighted by atomic mass is 14.3. The van der Waals surface area contributed by atoms with Gasteiger partial charge in [0.15, 0.2) is 0 Å². The standard InChI is InChI=1S/C17H34/c1-8-10-16(9-2)17(14(5)6)12-11-15(7)13(3)4/h14-17H,3,8-12H2,1-2,4-7H3. The van der Waals surface area contributed by atoms with E-state index in [1.165, 1.54) is 37.7 Å². The highest BCUT2D eigenvalue weighted by Crippen LogP contribution is 2.33. The van der Waals surface area contributed by atoms with E-state index in [0.717, 1.165) is 17.8 Å². The third-order valence-electron chi connectivity index (χ3n) is 4.42. The molecule has 0 aliphatic carbocycles. The van der Waals surface area contributed by atoms with Crippen molar-refractivity contribution in [3.05, 3.63) is 12.2 Å². The van der Waals surface area contributed by atoms with Crippen LogP contribution in [0.1, 0.15) is 73.6 Å². The van der Waals surface area contributed by atoms with Crippen molar-refractivity contribution in [2.45, 2.75) is 73.6 Å². The van der Waals surface area contributed by atoms with Crippen molar-refractivity contribution in [3.63, 3.8) is 0 Å². The summed E-state index contributed by atoms with van der Waals surface area (Å²) < 4.78 is 0. The molecule has 0 fully saturated rings. The first-order valence-electron chi connectivity index (χ1n) is 7.59. The van der Waals surface area contributed by atoms with Crippen LogP contribution in [0.15, 0.2) is 12.2 Å². The molecule has 0 amide bonds. The van der Waals surface area contributed by atoms with Crippen molar-refractivity contribution < 1.29 is 0 Å². The van der Waals surface area contributed by atoms with Crippen LogP contribution < -0.4 is 0 Å². The molecule has 0 aromatic carbocycles. The van der Waals surface area contributed by atoms with Crippen molar-refractivity contribution in [2.75, 3.05) is 0 Å².